The number of benzene rings is 2. The summed E-state index contributed by atoms with van der Waals surface area (Å²) in [5.74, 6) is -1.86. The number of hydrogen-bond acceptors (Lipinski definition) is 5. The van der Waals surface area contributed by atoms with Crippen molar-refractivity contribution in [3.63, 3.8) is 0 Å². The predicted octanol–water partition coefficient (Wildman–Crippen LogP) is 1.89. The number of hydrogen-bond donors (Lipinski definition) is 3. The van der Waals surface area contributed by atoms with Crippen molar-refractivity contribution in [2.75, 3.05) is 0 Å². The second-order valence-electron chi connectivity index (χ2n) is 4.73. The maximum atomic E-state index is 12.4. The zero-order valence-electron chi connectivity index (χ0n) is 10.5. The maximum Gasteiger partial charge on any atom is 0.198 e. The summed E-state index contributed by atoms with van der Waals surface area (Å²) in [6.07, 6.45) is 0. The van der Waals surface area contributed by atoms with Gasteiger partial charge in [0, 0.05) is 22.8 Å². The summed E-state index contributed by atoms with van der Waals surface area (Å²) in [6, 6.07) is 4.75. The molecule has 0 heterocycles. The van der Waals surface area contributed by atoms with E-state index in [4.69, 9.17) is 0 Å². The largest absolute Gasteiger partial charge is 0.508 e. The van der Waals surface area contributed by atoms with Gasteiger partial charge in [-0.3, -0.25) is 9.59 Å². The summed E-state index contributed by atoms with van der Waals surface area (Å²) in [5, 5.41) is 28.8. The Labute approximate surface area is 113 Å². The molecule has 1 aliphatic rings. The molecule has 0 saturated carbocycles. The van der Waals surface area contributed by atoms with Gasteiger partial charge in [0.05, 0.1) is 5.56 Å². The molecule has 0 fully saturated rings. The smallest absolute Gasteiger partial charge is 0.198 e. The highest BCUT2D eigenvalue weighted by atomic mass is 16.3. The molecule has 3 rings (SSSR count). The van der Waals surface area contributed by atoms with Crippen LogP contribution in [0.5, 0.6) is 17.2 Å². The van der Waals surface area contributed by atoms with Crippen LogP contribution in [-0.2, 0) is 0 Å². The molecule has 1 aliphatic carbocycles. The van der Waals surface area contributed by atoms with Crippen LogP contribution in [-0.4, -0.2) is 26.9 Å². The van der Waals surface area contributed by atoms with Gasteiger partial charge in [-0.2, -0.15) is 0 Å². The fourth-order valence-corrected chi connectivity index (χ4v) is 2.55. The lowest BCUT2D eigenvalue weighted by Crippen LogP contribution is -2.22. The third kappa shape index (κ3) is 1.50. The number of carbonyl (C=O) groups excluding carboxylic acids is 2. The molecule has 2 aromatic carbocycles. The van der Waals surface area contributed by atoms with E-state index in [1.807, 2.05) is 0 Å². The number of phenolic OH excluding ortho intramolecular Hbond substituents is 3. The zero-order chi connectivity index (χ0) is 14.6. The highest BCUT2D eigenvalue weighted by Crippen LogP contribution is 2.37. The van der Waals surface area contributed by atoms with Gasteiger partial charge >= 0.3 is 0 Å². The van der Waals surface area contributed by atoms with Crippen LogP contribution in [0.2, 0.25) is 0 Å². The summed E-state index contributed by atoms with van der Waals surface area (Å²) < 4.78 is 0. The highest BCUT2D eigenvalue weighted by Gasteiger charge is 2.34. The third-order valence-electron chi connectivity index (χ3n) is 3.37. The Morgan fingerprint density at radius 1 is 0.750 bits per heavy atom. The van der Waals surface area contributed by atoms with E-state index in [2.05, 4.69) is 0 Å². The predicted molar refractivity (Wildman–Crippen MR) is 69.5 cm³/mol. The van der Waals surface area contributed by atoms with Crippen LogP contribution in [0.3, 0.4) is 0 Å². The number of fused-ring (bicyclic) bond motifs is 2. The number of carbonyl (C=O) groups is 2. The zero-order valence-corrected chi connectivity index (χ0v) is 10.5. The quantitative estimate of drug-likeness (QED) is 0.579. The minimum atomic E-state index is -0.514. The van der Waals surface area contributed by atoms with Crippen LogP contribution in [0, 0.1) is 6.92 Å². The summed E-state index contributed by atoms with van der Waals surface area (Å²) in [7, 11) is 0. The van der Waals surface area contributed by atoms with E-state index in [1.54, 1.807) is 6.92 Å². The monoisotopic (exact) mass is 270 g/mol. The van der Waals surface area contributed by atoms with Crippen molar-refractivity contribution in [1.29, 1.82) is 0 Å². The van der Waals surface area contributed by atoms with E-state index in [1.165, 1.54) is 12.1 Å². The van der Waals surface area contributed by atoms with Crippen LogP contribution < -0.4 is 0 Å². The van der Waals surface area contributed by atoms with Crippen molar-refractivity contribution >= 4 is 11.6 Å². The summed E-state index contributed by atoms with van der Waals surface area (Å²) >= 11 is 0. The number of rotatable bonds is 0. The summed E-state index contributed by atoms with van der Waals surface area (Å²) in [6.45, 7) is 1.60. The van der Waals surface area contributed by atoms with Gasteiger partial charge in [-0.05, 0) is 30.7 Å². The Morgan fingerprint density at radius 2 is 1.30 bits per heavy atom. The molecular weight excluding hydrogens is 260 g/mol. The molecule has 0 radical (unpaired) electrons. The molecular formula is C15H10O5. The normalized spacial score (nSPS) is 13.1. The van der Waals surface area contributed by atoms with Crippen LogP contribution in [0.15, 0.2) is 24.3 Å². The first-order valence-corrected chi connectivity index (χ1v) is 5.89. The first kappa shape index (κ1) is 12.2. The van der Waals surface area contributed by atoms with Crippen LogP contribution >= 0.6 is 0 Å². The van der Waals surface area contributed by atoms with Crippen LogP contribution in [0.1, 0.15) is 37.4 Å². The molecule has 0 spiro atoms. The molecule has 0 atom stereocenters. The molecule has 0 aromatic heterocycles. The topological polar surface area (TPSA) is 94.8 Å². The molecule has 0 unspecified atom stereocenters. The third-order valence-corrected chi connectivity index (χ3v) is 3.37. The lowest BCUT2D eigenvalue weighted by Gasteiger charge is -2.20. The van der Waals surface area contributed by atoms with Gasteiger partial charge in [0.1, 0.15) is 17.2 Å². The lowest BCUT2D eigenvalue weighted by molar-refractivity contribution is 0.0975. The Bertz CT molecular complexity index is 726. The minimum absolute atomic E-state index is 0.0648. The molecule has 5 nitrogen and oxygen atoms in total. The molecule has 100 valence electrons. The van der Waals surface area contributed by atoms with Gasteiger partial charge in [0.15, 0.2) is 11.6 Å². The van der Waals surface area contributed by atoms with Gasteiger partial charge in [0.25, 0.3) is 0 Å². The van der Waals surface area contributed by atoms with E-state index >= 15 is 0 Å². The van der Waals surface area contributed by atoms with Crippen molar-refractivity contribution in [3.8, 4) is 17.2 Å². The molecule has 5 heteroatoms. The number of ketones is 2. The van der Waals surface area contributed by atoms with Crippen molar-refractivity contribution in [1.82, 2.24) is 0 Å². The van der Waals surface area contributed by atoms with Crippen molar-refractivity contribution < 1.29 is 24.9 Å². The van der Waals surface area contributed by atoms with E-state index in [0.717, 1.165) is 12.1 Å². The van der Waals surface area contributed by atoms with Crippen LogP contribution in [0.4, 0.5) is 0 Å². The lowest BCUT2D eigenvalue weighted by atomic mass is 9.81. The van der Waals surface area contributed by atoms with E-state index < -0.39 is 17.3 Å². The Kier molecular flexibility index (Phi) is 2.34. The van der Waals surface area contributed by atoms with Crippen molar-refractivity contribution in [3.05, 3.63) is 52.1 Å². The molecule has 0 aliphatic heterocycles. The van der Waals surface area contributed by atoms with Gasteiger partial charge in [-0.25, -0.2) is 0 Å². The Balaban J connectivity index is 2.40. The number of aryl methyl sites for hydroxylation is 1. The summed E-state index contributed by atoms with van der Waals surface area (Å²) in [5.41, 5.74) is 0.516. The van der Waals surface area contributed by atoms with E-state index in [9.17, 15) is 24.9 Å². The molecule has 0 amide bonds. The number of aromatic hydroxyl groups is 3. The second kappa shape index (κ2) is 3.84. The average molecular weight is 270 g/mol. The van der Waals surface area contributed by atoms with Crippen molar-refractivity contribution in [2.24, 2.45) is 0 Å². The SMILES string of the molecule is Cc1cc(O)cc2c1C(=O)c1c(O)cc(O)cc1C2=O. The summed E-state index contributed by atoms with van der Waals surface area (Å²) in [4.78, 5) is 24.8. The van der Waals surface area contributed by atoms with Gasteiger partial charge in [0.2, 0.25) is 0 Å². The molecule has 20 heavy (non-hydrogen) atoms. The second-order valence-corrected chi connectivity index (χ2v) is 4.73. The molecule has 0 saturated heterocycles. The Hall–Kier alpha value is -2.82. The van der Waals surface area contributed by atoms with Crippen molar-refractivity contribution in [2.45, 2.75) is 6.92 Å². The molecule has 0 bridgehead atoms. The first-order valence-electron chi connectivity index (χ1n) is 5.89. The van der Waals surface area contributed by atoms with Crippen LogP contribution in [0.25, 0.3) is 0 Å². The fraction of sp³-hybridized carbons (Fsp3) is 0.0667. The minimum Gasteiger partial charge on any atom is -0.508 e. The number of phenols is 3. The maximum absolute atomic E-state index is 12.4. The fourth-order valence-electron chi connectivity index (χ4n) is 2.55. The Morgan fingerprint density at radius 3 is 1.95 bits per heavy atom. The van der Waals surface area contributed by atoms with E-state index in [0.29, 0.717) is 5.56 Å². The average Bonchev–Trinajstić information content (AvgIpc) is 2.34. The molecule has 2 aromatic rings. The molecule has 3 N–H and O–H groups in total. The van der Waals surface area contributed by atoms with Gasteiger partial charge in [-0.1, -0.05) is 0 Å². The highest BCUT2D eigenvalue weighted by molar-refractivity contribution is 6.30. The van der Waals surface area contributed by atoms with Gasteiger partial charge < -0.3 is 15.3 Å². The standard InChI is InChI=1S/C15H10O5/c1-6-2-7(16)3-9-12(6)15(20)13-10(14(9)19)4-8(17)5-11(13)18/h2-5,16-18H,1H3. The first-order chi connectivity index (χ1) is 9.40. The van der Waals surface area contributed by atoms with Gasteiger partial charge in [-0.15, -0.1) is 0 Å². The van der Waals surface area contributed by atoms with E-state index in [-0.39, 0.29) is 33.8 Å².